The molecular formula is C17H24N6O3S. The average Bonchev–Trinajstić information content (AvgIpc) is 3.34. The van der Waals surface area contributed by atoms with Gasteiger partial charge in [0, 0.05) is 30.8 Å². The Kier molecular flexibility index (Phi) is 6.19. The maximum Gasteiger partial charge on any atom is 0.224 e. The lowest BCUT2D eigenvalue weighted by atomic mass is 10.2. The van der Waals surface area contributed by atoms with Gasteiger partial charge in [-0.15, -0.1) is 0 Å². The molecule has 27 heavy (non-hydrogen) atoms. The fraction of sp³-hybridized carbons (Fsp3) is 0.471. The van der Waals surface area contributed by atoms with Crippen LogP contribution in [0, 0.1) is 0 Å². The molecule has 0 atom stereocenters. The van der Waals surface area contributed by atoms with Gasteiger partial charge < -0.3 is 11.1 Å². The first kappa shape index (κ1) is 19.5. The van der Waals surface area contributed by atoms with E-state index in [-0.39, 0.29) is 24.6 Å². The van der Waals surface area contributed by atoms with Gasteiger partial charge >= 0.3 is 0 Å². The Morgan fingerprint density at radius 1 is 1.22 bits per heavy atom. The summed E-state index contributed by atoms with van der Waals surface area (Å²) in [5.74, 6) is 0.947. The zero-order valence-corrected chi connectivity index (χ0v) is 15.8. The van der Waals surface area contributed by atoms with Crippen LogP contribution < -0.4 is 11.1 Å². The lowest BCUT2D eigenvalue weighted by molar-refractivity contribution is -0.116. The van der Waals surface area contributed by atoms with Crippen molar-refractivity contribution in [3.8, 4) is 11.4 Å². The Morgan fingerprint density at radius 2 is 1.93 bits per heavy atom. The van der Waals surface area contributed by atoms with Crippen LogP contribution >= 0.6 is 0 Å². The third kappa shape index (κ3) is 5.12. The van der Waals surface area contributed by atoms with Crippen LogP contribution in [-0.2, 0) is 21.4 Å². The van der Waals surface area contributed by atoms with Crippen molar-refractivity contribution in [3.63, 3.8) is 0 Å². The Labute approximate surface area is 158 Å². The third-order valence-electron chi connectivity index (χ3n) is 4.42. The van der Waals surface area contributed by atoms with Crippen LogP contribution in [0.3, 0.4) is 0 Å². The van der Waals surface area contributed by atoms with E-state index < -0.39 is 10.0 Å². The van der Waals surface area contributed by atoms with Crippen molar-refractivity contribution in [1.82, 2.24) is 19.5 Å². The van der Waals surface area contributed by atoms with Gasteiger partial charge in [0.15, 0.2) is 5.82 Å². The van der Waals surface area contributed by atoms with Gasteiger partial charge in [0.2, 0.25) is 15.9 Å². The van der Waals surface area contributed by atoms with Gasteiger partial charge in [-0.3, -0.25) is 9.89 Å². The van der Waals surface area contributed by atoms with Crippen LogP contribution in [-0.4, -0.2) is 52.7 Å². The average molecular weight is 392 g/mol. The van der Waals surface area contributed by atoms with Crippen LogP contribution in [0.15, 0.2) is 24.3 Å². The molecule has 0 bridgehead atoms. The summed E-state index contributed by atoms with van der Waals surface area (Å²) in [4.78, 5) is 16.3. The van der Waals surface area contributed by atoms with Gasteiger partial charge in [-0.1, -0.05) is 0 Å². The molecule has 1 fully saturated rings. The molecule has 0 aliphatic carbocycles. The molecule has 1 saturated heterocycles. The molecule has 3 rings (SSSR count). The zero-order valence-electron chi connectivity index (χ0n) is 15.0. The molecule has 0 saturated carbocycles. The van der Waals surface area contributed by atoms with E-state index in [1.807, 2.05) is 0 Å². The first-order valence-corrected chi connectivity index (χ1v) is 10.6. The Hall–Kier alpha value is -2.30. The minimum Gasteiger partial charge on any atom is -0.326 e. The number of H-pyrrole nitrogens is 1. The van der Waals surface area contributed by atoms with E-state index in [1.54, 1.807) is 24.3 Å². The molecule has 4 N–H and O–H groups in total. The van der Waals surface area contributed by atoms with Gasteiger partial charge in [0.05, 0.1) is 12.3 Å². The van der Waals surface area contributed by atoms with Crippen molar-refractivity contribution < 1.29 is 13.2 Å². The van der Waals surface area contributed by atoms with Crippen LogP contribution in [0.1, 0.15) is 31.5 Å². The summed E-state index contributed by atoms with van der Waals surface area (Å²) in [6.07, 6.45) is 2.30. The summed E-state index contributed by atoms with van der Waals surface area (Å²) < 4.78 is 25.8. The van der Waals surface area contributed by atoms with Crippen molar-refractivity contribution >= 4 is 21.6 Å². The van der Waals surface area contributed by atoms with Gasteiger partial charge in [0.25, 0.3) is 0 Å². The maximum atomic E-state index is 12.1. The number of rotatable bonds is 8. The molecule has 2 aromatic rings. The predicted octanol–water partition coefficient (Wildman–Crippen LogP) is 1.07. The maximum absolute atomic E-state index is 12.1. The number of benzene rings is 1. The number of sulfonamides is 1. The van der Waals surface area contributed by atoms with E-state index in [2.05, 4.69) is 20.5 Å². The molecule has 1 aliphatic rings. The van der Waals surface area contributed by atoms with Gasteiger partial charge in [0.1, 0.15) is 5.82 Å². The zero-order chi connectivity index (χ0) is 19.3. The first-order valence-electron chi connectivity index (χ1n) is 8.97. The van der Waals surface area contributed by atoms with E-state index in [9.17, 15) is 13.2 Å². The van der Waals surface area contributed by atoms with E-state index >= 15 is 0 Å². The van der Waals surface area contributed by atoms with Gasteiger partial charge in [-0.2, -0.15) is 5.10 Å². The number of nitrogens with zero attached hydrogens (tertiary/aromatic N) is 3. The fourth-order valence-electron chi connectivity index (χ4n) is 2.95. The van der Waals surface area contributed by atoms with E-state index in [1.165, 1.54) is 4.31 Å². The van der Waals surface area contributed by atoms with Crippen LogP contribution in [0.5, 0.6) is 0 Å². The Balaban J connectivity index is 1.47. The van der Waals surface area contributed by atoms with Crippen LogP contribution in [0.25, 0.3) is 11.4 Å². The number of carbonyl (C=O) groups is 1. The van der Waals surface area contributed by atoms with E-state index in [0.717, 1.165) is 18.4 Å². The molecule has 146 valence electrons. The second-order valence-electron chi connectivity index (χ2n) is 6.46. The topological polar surface area (TPSA) is 134 Å². The van der Waals surface area contributed by atoms with E-state index in [4.69, 9.17) is 5.73 Å². The molecule has 0 radical (unpaired) electrons. The molecule has 1 aromatic carbocycles. The highest BCUT2D eigenvalue weighted by molar-refractivity contribution is 7.89. The smallest absolute Gasteiger partial charge is 0.224 e. The predicted molar refractivity (Wildman–Crippen MR) is 102 cm³/mol. The Bertz CT molecular complexity index is 872. The van der Waals surface area contributed by atoms with E-state index in [0.29, 0.717) is 36.8 Å². The summed E-state index contributed by atoms with van der Waals surface area (Å²) in [5, 5.41) is 9.60. The normalized spacial score (nSPS) is 15.1. The highest BCUT2D eigenvalue weighted by Crippen LogP contribution is 2.18. The van der Waals surface area contributed by atoms with Gasteiger partial charge in [-0.25, -0.2) is 17.7 Å². The monoisotopic (exact) mass is 392 g/mol. The summed E-state index contributed by atoms with van der Waals surface area (Å²) in [6.45, 7) is 1.48. The van der Waals surface area contributed by atoms with Crippen LogP contribution in [0.2, 0.25) is 0 Å². The number of aromatic amines is 1. The van der Waals surface area contributed by atoms with Crippen molar-refractivity contribution in [2.24, 2.45) is 5.73 Å². The second kappa shape index (κ2) is 8.59. The fourth-order valence-corrected chi connectivity index (χ4v) is 4.53. The quantitative estimate of drug-likeness (QED) is 0.615. The molecule has 2 heterocycles. The molecular weight excluding hydrogens is 368 g/mol. The standard InChI is InChI=1S/C17H24N6O3S/c18-12-15-20-17(22-21-15)13-5-7-14(8-6-13)19-16(24)4-3-11-27(25,26)23-9-1-2-10-23/h5-8H,1-4,9-12,18H2,(H,19,24)(H,20,21,22). The first-order chi connectivity index (χ1) is 13.0. The third-order valence-corrected chi connectivity index (χ3v) is 6.37. The Morgan fingerprint density at radius 3 is 2.56 bits per heavy atom. The second-order valence-corrected chi connectivity index (χ2v) is 8.55. The van der Waals surface area contributed by atoms with Gasteiger partial charge in [-0.05, 0) is 43.5 Å². The summed E-state index contributed by atoms with van der Waals surface area (Å²) in [6, 6.07) is 7.12. The number of hydrogen-bond donors (Lipinski definition) is 3. The van der Waals surface area contributed by atoms with Crippen molar-refractivity contribution in [3.05, 3.63) is 30.1 Å². The molecule has 0 spiro atoms. The largest absolute Gasteiger partial charge is 0.326 e. The highest BCUT2D eigenvalue weighted by atomic mass is 32.2. The minimum atomic E-state index is -3.24. The molecule has 1 amide bonds. The highest BCUT2D eigenvalue weighted by Gasteiger charge is 2.24. The summed E-state index contributed by atoms with van der Waals surface area (Å²) in [7, 11) is -3.24. The number of anilines is 1. The molecule has 1 aliphatic heterocycles. The number of carbonyl (C=O) groups excluding carboxylic acids is 1. The number of aromatic nitrogens is 3. The molecule has 1 aromatic heterocycles. The lowest BCUT2D eigenvalue weighted by Gasteiger charge is -2.15. The number of nitrogens with two attached hydrogens (primary N) is 1. The van der Waals surface area contributed by atoms with Crippen molar-refractivity contribution in [2.45, 2.75) is 32.2 Å². The van der Waals surface area contributed by atoms with Crippen molar-refractivity contribution in [2.75, 3.05) is 24.2 Å². The van der Waals surface area contributed by atoms with Crippen molar-refractivity contribution in [1.29, 1.82) is 0 Å². The molecule has 9 nitrogen and oxygen atoms in total. The number of nitrogens with one attached hydrogen (secondary N) is 2. The lowest BCUT2D eigenvalue weighted by Crippen LogP contribution is -2.30. The summed E-state index contributed by atoms with van der Waals surface area (Å²) in [5.41, 5.74) is 6.95. The molecule has 10 heteroatoms. The number of hydrogen-bond acceptors (Lipinski definition) is 6. The summed E-state index contributed by atoms with van der Waals surface area (Å²) >= 11 is 0. The number of amides is 1. The van der Waals surface area contributed by atoms with Crippen LogP contribution in [0.4, 0.5) is 5.69 Å². The molecule has 0 unspecified atom stereocenters. The SMILES string of the molecule is NCc1nc(-c2ccc(NC(=O)CCCS(=O)(=O)N3CCCC3)cc2)n[nH]1. The minimum absolute atomic E-state index is 0.00760.